The van der Waals surface area contributed by atoms with Gasteiger partial charge in [0.25, 0.3) is 0 Å². The van der Waals surface area contributed by atoms with Crippen LogP contribution in [0, 0.1) is 11.3 Å². The topological polar surface area (TPSA) is 30.3 Å². The Hall–Kier alpha value is -4.14. The molecule has 0 unspecified atom stereocenters. The molecular weight excluding hydrogens is 608 g/mol. The van der Waals surface area contributed by atoms with E-state index in [2.05, 4.69) is 125 Å². The minimum absolute atomic E-state index is 0.112. The molecule has 3 heterocycles. The molecule has 0 amide bonds. The van der Waals surface area contributed by atoms with Gasteiger partial charge in [-0.1, -0.05) is 0 Å². The number of allylic oxidation sites excluding steroid dienone is 2. The molecule has 204 valence electrons. The Balaban J connectivity index is 1.32. The van der Waals surface area contributed by atoms with Gasteiger partial charge in [0.1, 0.15) is 0 Å². The quantitative estimate of drug-likeness (QED) is 0.201. The molecule has 1 aliphatic carbocycles. The van der Waals surface area contributed by atoms with Crippen LogP contribution in [0.4, 0.5) is 28.4 Å². The second kappa shape index (κ2) is 9.96. The first-order valence-electron chi connectivity index (χ1n) is 14.9. The number of nitrogens with zero attached hydrogens (tertiary/aromatic N) is 3. The number of para-hydroxylation sites is 2. The van der Waals surface area contributed by atoms with Gasteiger partial charge in [0, 0.05) is 0 Å². The number of hydrogen-bond donors (Lipinski definition) is 0. The van der Waals surface area contributed by atoms with Crippen molar-refractivity contribution in [3.8, 4) is 6.07 Å². The van der Waals surface area contributed by atoms with E-state index in [1.807, 2.05) is 0 Å². The van der Waals surface area contributed by atoms with Gasteiger partial charge in [-0.3, -0.25) is 0 Å². The molecule has 5 aromatic carbocycles. The van der Waals surface area contributed by atoms with Gasteiger partial charge >= 0.3 is 264 Å². The molecule has 3 aliphatic heterocycles. The van der Waals surface area contributed by atoms with E-state index in [0.717, 1.165) is 17.8 Å². The van der Waals surface area contributed by atoms with E-state index in [1.165, 1.54) is 72.7 Å². The fourth-order valence-electron chi connectivity index (χ4n) is 7.25. The summed E-state index contributed by atoms with van der Waals surface area (Å²) in [6.45, 7) is 0.112. The van der Waals surface area contributed by atoms with Crippen molar-refractivity contribution in [2.45, 2.75) is 35.5 Å². The summed E-state index contributed by atoms with van der Waals surface area (Å²) < 4.78 is 3.13. The Bertz CT molecular complexity index is 2030. The van der Waals surface area contributed by atoms with Crippen LogP contribution in [0.2, 0.25) is 0 Å². The summed E-state index contributed by atoms with van der Waals surface area (Å²) in [6, 6.07) is 42.3. The van der Waals surface area contributed by atoms with Crippen LogP contribution >= 0.6 is 11.8 Å². The van der Waals surface area contributed by atoms with Crippen molar-refractivity contribution < 1.29 is 0 Å². The molecule has 0 atom stereocenters. The summed E-state index contributed by atoms with van der Waals surface area (Å²) in [5, 5.41) is 10.1. The number of nitriles is 1. The average Bonchev–Trinajstić information content (AvgIpc) is 3.07. The Labute approximate surface area is 263 Å². The van der Waals surface area contributed by atoms with Gasteiger partial charge in [0.15, 0.2) is 0 Å². The third-order valence-electron chi connectivity index (χ3n) is 9.07. The normalized spacial score (nSPS) is 16.0. The molecule has 0 aromatic heterocycles. The number of rotatable bonds is 2. The van der Waals surface area contributed by atoms with E-state index in [4.69, 9.17) is 0 Å². The number of benzene rings is 5. The molecule has 0 saturated carbocycles. The zero-order valence-electron chi connectivity index (χ0n) is 23.5. The molecule has 0 N–H and O–H groups in total. The van der Waals surface area contributed by atoms with Crippen molar-refractivity contribution in [1.82, 2.24) is 0 Å². The van der Waals surface area contributed by atoms with E-state index in [1.54, 1.807) is 16.2 Å². The minimum atomic E-state index is 0.112. The maximum atomic E-state index is 10.1. The van der Waals surface area contributed by atoms with Gasteiger partial charge < -0.3 is 0 Å². The molecule has 0 saturated heterocycles. The Kier molecular flexibility index (Phi) is 5.88. The number of anilines is 5. The van der Waals surface area contributed by atoms with Gasteiger partial charge in [0.05, 0.1) is 0 Å². The summed E-state index contributed by atoms with van der Waals surface area (Å²) in [5.41, 5.74) is 12.1. The van der Waals surface area contributed by atoms with Crippen LogP contribution in [-0.2, 0) is 0 Å². The number of hydrogen-bond acceptors (Lipinski definition) is 4. The van der Waals surface area contributed by atoms with Crippen LogP contribution < -0.4 is 30.7 Å². The average molecular weight is 634 g/mol. The van der Waals surface area contributed by atoms with E-state index >= 15 is 0 Å². The van der Waals surface area contributed by atoms with Gasteiger partial charge in [-0.25, -0.2) is 0 Å². The van der Waals surface area contributed by atoms with Crippen LogP contribution in [-0.4, -0.2) is 21.7 Å². The molecule has 4 aliphatic rings. The van der Waals surface area contributed by atoms with Crippen LogP contribution in [0.1, 0.15) is 31.2 Å². The Morgan fingerprint density at radius 1 is 0.674 bits per heavy atom. The summed E-state index contributed by atoms with van der Waals surface area (Å²) in [7, 11) is 0. The summed E-state index contributed by atoms with van der Waals surface area (Å²) in [6.07, 6.45) is 4.89. The van der Waals surface area contributed by atoms with Gasteiger partial charge in [0.2, 0.25) is 0 Å². The zero-order valence-corrected chi connectivity index (χ0v) is 26.0. The molecule has 0 fully saturated rings. The van der Waals surface area contributed by atoms with Crippen molar-refractivity contribution >= 4 is 82.7 Å². The van der Waals surface area contributed by atoms with Crippen LogP contribution in [0.3, 0.4) is 0 Å². The predicted octanol–water partition coefficient (Wildman–Crippen LogP) is 6.59. The molecule has 3 nitrogen and oxygen atoms in total. The van der Waals surface area contributed by atoms with Gasteiger partial charge in [-0.05, 0) is 0 Å². The fourth-order valence-corrected chi connectivity index (χ4v) is 11.0. The summed E-state index contributed by atoms with van der Waals surface area (Å²) >= 11 is 2.18. The Morgan fingerprint density at radius 3 is 2.40 bits per heavy atom. The molecule has 0 spiro atoms. The summed E-state index contributed by atoms with van der Waals surface area (Å²) in [4.78, 5) is 7.42. The second-order valence-electron chi connectivity index (χ2n) is 11.5. The molecule has 0 bridgehead atoms. The second-order valence-corrected chi connectivity index (χ2v) is 15.0. The van der Waals surface area contributed by atoms with Gasteiger partial charge in [-0.2, -0.15) is 0 Å². The molecule has 6 heteroatoms. The van der Waals surface area contributed by atoms with E-state index < -0.39 is 0 Å². The Morgan fingerprint density at radius 2 is 1.49 bits per heavy atom. The SMILES string of the molecule is N#Cc1cc2c3c(c1)N(c1ccccc1)c1cc(N4C5=C(CCCC5)[Se]c5ccccc54)ccc1B3c1ccccc1S2. The first-order chi connectivity index (χ1) is 21.3. The van der Waals surface area contributed by atoms with Crippen molar-refractivity contribution in [2.24, 2.45) is 0 Å². The summed E-state index contributed by atoms with van der Waals surface area (Å²) in [5.74, 6) is 0. The molecule has 0 radical (unpaired) electrons. The van der Waals surface area contributed by atoms with Crippen molar-refractivity contribution in [1.29, 1.82) is 5.26 Å². The molecule has 43 heavy (non-hydrogen) atoms. The van der Waals surface area contributed by atoms with Gasteiger partial charge in [-0.15, -0.1) is 0 Å². The zero-order chi connectivity index (χ0) is 28.5. The monoisotopic (exact) mass is 635 g/mol. The van der Waals surface area contributed by atoms with Crippen molar-refractivity contribution in [2.75, 3.05) is 9.80 Å². The standard InChI is InChI=1S/C37H26BN3SSe/c39-23-24-20-32-37-34(21-24)42-33-15-7-4-12-28(33)38(37)27-19-18-26(22-31(27)40(32)25-10-2-1-3-11-25)41-29-13-5-8-16-35(29)43-36-17-9-6-14-30(36)41/h1-5,7-8,10-13,15-16,18-22H,6,9,14,17H2. The molecule has 9 rings (SSSR count). The third-order valence-corrected chi connectivity index (χ3v) is 12.8. The van der Waals surface area contributed by atoms with E-state index in [9.17, 15) is 5.26 Å². The molecular formula is C37H26BN3SSe. The van der Waals surface area contributed by atoms with Crippen molar-refractivity contribution in [3.05, 3.63) is 125 Å². The van der Waals surface area contributed by atoms with Crippen LogP contribution in [0.5, 0.6) is 0 Å². The fraction of sp³-hybridized carbons (Fsp3) is 0.108. The first kappa shape index (κ1) is 25.4. The van der Waals surface area contributed by atoms with E-state index in [0.29, 0.717) is 20.5 Å². The van der Waals surface area contributed by atoms with Crippen molar-refractivity contribution in [3.63, 3.8) is 0 Å². The molecule has 5 aromatic rings. The third kappa shape index (κ3) is 3.89. The first-order valence-corrected chi connectivity index (χ1v) is 17.4. The van der Waals surface area contributed by atoms with Crippen LogP contribution in [0.15, 0.2) is 129 Å². The number of fused-ring (bicyclic) bond motifs is 5. The van der Waals surface area contributed by atoms with E-state index in [-0.39, 0.29) is 6.71 Å². The predicted molar refractivity (Wildman–Crippen MR) is 181 cm³/mol. The maximum absolute atomic E-state index is 10.1. The van der Waals surface area contributed by atoms with Crippen LogP contribution in [0.25, 0.3) is 0 Å².